The number of aromatic nitrogens is 1. The number of hydrogen-bond acceptors (Lipinski definition) is 5. The summed E-state index contributed by atoms with van der Waals surface area (Å²) in [5.41, 5.74) is 1.50. The molecule has 0 aromatic carbocycles. The van der Waals surface area contributed by atoms with Crippen molar-refractivity contribution in [3.8, 4) is 0 Å². The predicted molar refractivity (Wildman–Crippen MR) is 86.4 cm³/mol. The molecule has 122 valence electrons. The fourth-order valence-electron chi connectivity index (χ4n) is 2.70. The summed E-state index contributed by atoms with van der Waals surface area (Å²) < 4.78 is 5.10. The summed E-state index contributed by atoms with van der Waals surface area (Å²) in [6.45, 7) is 4.30. The highest BCUT2D eigenvalue weighted by atomic mass is 32.1. The molecule has 6 nitrogen and oxygen atoms in total. The summed E-state index contributed by atoms with van der Waals surface area (Å²) in [6.07, 6.45) is 1.01. The molecule has 0 atom stereocenters. The van der Waals surface area contributed by atoms with Crippen molar-refractivity contribution >= 4 is 23.2 Å². The van der Waals surface area contributed by atoms with Crippen LogP contribution >= 0.6 is 11.3 Å². The maximum absolute atomic E-state index is 12.4. The maximum Gasteiger partial charge on any atom is 0.254 e. The minimum Gasteiger partial charge on any atom is -0.361 e. The Morgan fingerprint density at radius 2 is 2.04 bits per heavy atom. The molecule has 0 saturated carbocycles. The molecular weight excluding hydrogens is 314 g/mol. The summed E-state index contributed by atoms with van der Waals surface area (Å²) >= 11 is 1.52. The van der Waals surface area contributed by atoms with Gasteiger partial charge in [-0.05, 0) is 24.8 Å². The van der Waals surface area contributed by atoms with Crippen molar-refractivity contribution < 1.29 is 14.1 Å². The van der Waals surface area contributed by atoms with E-state index in [0.29, 0.717) is 31.9 Å². The Bertz CT molecular complexity index is 681. The molecule has 1 aliphatic heterocycles. The summed E-state index contributed by atoms with van der Waals surface area (Å²) in [4.78, 5) is 28.4. The van der Waals surface area contributed by atoms with E-state index < -0.39 is 0 Å². The molecule has 0 radical (unpaired) electrons. The van der Waals surface area contributed by atoms with Gasteiger partial charge < -0.3 is 14.3 Å². The van der Waals surface area contributed by atoms with Gasteiger partial charge in [-0.2, -0.15) is 11.3 Å². The third kappa shape index (κ3) is 3.79. The van der Waals surface area contributed by atoms with Crippen molar-refractivity contribution in [2.75, 3.05) is 26.2 Å². The standard InChI is InChI=1S/C16H19N3O3S/c1-12-9-14(22-17-12)10-15(20)18-4-2-5-19(7-6-18)16(21)13-3-8-23-11-13/h3,8-9,11H,2,4-7,10H2,1H3. The fourth-order valence-corrected chi connectivity index (χ4v) is 3.33. The molecular formula is C16H19N3O3S. The van der Waals surface area contributed by atoms with Gasteiger partial charge in [0, 0.05) is 37.6 Å². The van der Waals surface area contributed by atoms with Gasteiger partial charge in [0.2, 0.25) is 5.91 Å². The van der Waals surface area contributed by atoms with Gasteiger partial charge in [0.25, 0.3) is 5.91 Å². The van der Waals surface area contributed by atoms with Crippen molar-refractivity contribution in [2.45, 2.75) is 19.8 Å². The molecule has 1 fully saturated rings. The lowest BCUT2D eigenvalue weighted by Gasteiger charge is -2.21. The highest BCUT2D eigenvalue weighted by Crippen LogP contribution is 2.13. The van der Waals surface area contributed by atoms with E-state index in [1.165, 1.54) is 11.3 Å². The quantitative estimate of drug-likeness (QED) is 0.861. The number of carbonyl (C=O) groups is 2. The minimum atomic E-state index is 0.0194. The molecule has 2 aromatic heterocycles. The minimum absolute atomic E-state index is 0.0194. The number of aryl methyl sites for hydroxylation is 1. The third-order valence-electron chi connectivity index (χ3n) is 3.91. The Kier molecular flexibility index (Phi) is 4.76. The Hall–Kier alpha value is -2.15. The Balaban J connectivity index is 1.57. The lowest BCUT2D eigenvalue weighted by atomic mass is 10.2. The Labute approximate surface area is 138 Å². The van der Waals surface area contributed by atoms with Crippen LogP contribution in [-0.2, 0) is 11.2 Å². The third-order valence-corrected chi connectivity index (χ3v) is 4.59. The largest absolute Gasteiger partial charge is 0.361 e. The second-order valence-electron chi connectivity index (χ2n) is 5.65. The van der Waals surface area contributed by atoms with Crippen LogP contribution in [-0.4, -0.2) is 52.9 Å². The van der Waals surface area contributed by atoms with Crippen molar-refractivity contribution in [3.63, 3.8) is 0 Å². The smallest absolute Gasteiger partial charge is 0.254 e. The molecule has 3 rings (SSSR count). The summed E-state index contributed by atoms with van der Waals surface area (Å²) in [6, 6.07) is 3.62. The van der Waals surface area contributed by atoms with E-state index in [0.717, 1.165) is 17.7 Å². The van der Waals surface area contributed by atoms with Crippen LogP contribution < -0.4 is 0 Å². The maximum atomic E-state index is 12.4. The molecule has 1 saturated heterocycles. The number of thiophene rings is 1. The first kappa shape index (κ1) is 15.7. The van der Waals surface area contributed by atoms with Crippen LogP contribution in [0.2, 0.25) is 0 Å². The van der Waals surface area contributed by atoms with Crippen molar-refractivity contribution in [1.82, 2.24) is 15.0 Å². The average molecular weight is 333 g/mol. The number of hydrogen-bond donors (Lipinski definition) is 0. The van der Waals surface area contributed by atoms with Crippen LogP contribution in [0.3, 0.4) is 0 Å². The van der Waals surface area contributed by atoms with Crippen LogP contribution in [0.1, 0.15) is 28.2 Å². The van der Waals surface area contributed by atoms with Crippen LogP contribution in [0.25, 0.3) is 0 Å². The second kappa shape index (κ2) is 6.95. The second-order valence-corrected chi connectivity index (χ2v) is 6.43. The van der Waals surface area contributed by atoms with Gasteiger partial charge in [0.1, 0.15) is 5.76 Å². The molecule has 0 N–H and O–H groups in total. The first-order valence-corrected chi connectivity index (χ1v) is 8.59. The zero-order valence-corrected chi connectivity index (χ0v) is 13.8. The van der Waals surface area contributed by atoms with Gasteiger partial charge in [0.05, 0.1) is 17.7 Å². The van der Waals surface area contributed by atoms with Gasteiger partial charge in [-0.15, -0.1) is 0 Å². The molecule has 0 spiro atoms. The van der Waals surface area contributed by atoms with Gasteiger partial charge >= 0.3 is 0 Å². The van der Waals surface area contributed by atoms with E-state index in [2.05, 4.69) is 5.16 Å². The van der Waals surface area contributed by atoms with Crippen LogP contribution in [0.5, 0.6) is 0 Å². The van der Waals surface area contributed by atoms with Crippen LogP contribution in [0.4, 0.5) is 0 Å². The monoisotopic (exact) mass is 333 g/mol. The Morgan fingerprint density at radius 1 is 1.26 bits per heavy atom. The number of carbonyl (C=O) groups excluding carboxylic acids is 2. The van der Waals surface area contributed by atoms with Gasteiger partial charge in [0.15, 0.2) is 0 Å². The highest BCUT2D eigenvalue weighted by molar-refractivity contribution is 7.08. The van der Waals surface area contributed by atoms with Crippen molar-refractivity contribution in [2.24, 2.45) is 0 Å². The molecule has 2 aromatic rings. The summed E-state index contributed by atoms with van der Waals surface area (Å²) in [5, 5.41) is 7.57. The normalized spacial score (nSPS) is 15.5. The van der Waals surface area contributed by atoms with Crippen molar-refractivity contribution in [3.05, 3.63) is 39.9 Å². The summed E-state index contributed by atoms with van der Waals surface area (Å²) in [7, 11) is 0. The fraction of sp³-hybridized carbons (Fsp3) is 0.438. The molecule has 23 heavy (non-hydrogen) atoms. The first-order valence-electron chi connectivity index (χ1n) is 7.65. The highest BCUT2D eigenvalue weighted by Gasteiger charge is 2.23. The SMILES string of the molecule is Cc1cc(CC(=O)N2CCCN(C(=O)c3ccsc3)CC2)on1. The number of nitrogens with zero attached hydrogens (tertiary/aromatic N) is 3. The first-order chi connectivity index (χ1) is 11.1. The molecule has 1 aliphatic rings. The van der Waals surface area contributed by atoms with E-state index in [1.54, 1.807) is 11.0 Å². The molecule has 0 unspecified atom stereocenters. The van der Waals surface area contributed by atoms with Gasteiger partial charge in [-0.3, -0.25) is 9.59 Å². The van der Waals surface area contributed by atoms with E-state index in [9.17, 15) is 9.59 Å². The van der Waals surface area contributed by atoms with Crippen molar-refractivity contribution in [1.29, 1.82) is 0 Å². The summed E-state index contributed by atoms with van der Waals surface area (Å²) in [5.74, 6) is 0.653. The molecule has 2 amide bonds. The molecule has 7 heteroatoms. The van der Waals surface area contributed by atoms with E-state index in [-0.39, 0.29) is 18.2 Å². The van der Waals surface area contributed by atoms with Crippen LogP contribution in [0, 0.1) is 6.92 Å². The zero-order chi connectivity index (χ0) is 16.2. The van der Waals surface area contributed by atoms with E-state index in [1.807, 2.05) is 28.7 Å². The Morgan fingerprint density at radius 3 is 2.74 bits per heavy atom. The molecule has 0 aliphatic carbocycles. The van der Waals surface area contributed by atoms with E-state index in [4.69, 9.17) is 4.52 Å². The van der Waals surface area contributed by atoms with Gasteiger partial charge in [-0.1, -0.05) is 5.16 Å². The predicted octanol–water partition coefficient (Wildman–Crippen LogP) is 1.96. The lowest BCUT2D eigenvalue weighted by molar-refractivity contribution is -0.130. The molecule has 3 heterocycles. The van der Waals surface area contributed by atoms with Gasteiger partial charge in [-0.25, -0.2) is 0 Å². The topological polar surface area (TPSA) is 66.7 Å². The number of amides is 2. The van der Waals surface area contributed by atoms with Crippen LogP contribution in [0.15, 0.2) is 27.4 Å². The average Bonchev–Trinajstić information content (AvgIpc) is 3.13. The number of rotatable bonds is 3. The molecule has 0 bridgehead atoms. The zero-order valence-electron chi connectivity index (χ0n) is 13.0. The lowest BCUT2D eigenvalue weighted by Crippen LogP contribution is -2.37. The van der Waals surface area contributed by atoms with E-state index >= 15 is 0 Å².